The van der Waals surface area contributed by atoms with Crippen molar-refractivity contribution in [2.75, 3.05) is 24.6 Å². The number of nitrogens with zero attached hydrogens (tertiary/aromatic N) is 2. The molecule has 2 aromatic rings. The number of ether oxygens (including phenoxy) is 1. The number of benzene rings is 2. The summed E-state index contributed by atoms with van der Waals surface area (Å²) < 4.78 is 18.4. The number of carbonyl (C=O) groups is 4. The van der Waals surface area contributed by atoms with Crippen molar-refractivity contribution in [2.45, 2.75) is 20.3 Å². The molecule has 3 amide bonds. The Hall–Kier alpha value is -3.55. The first-order valence-corrected chi connectivity index (χ1v) is 10.5. The van der Waals surface area contributed by atoms with E-state index in [-0.39, 0.29) is 34.9 Å². The zero-order valence-corrected chi connectivity index (χ0v) is 17.8. The standard InChI is InChI=1S/C24H23FN2O5/c1-14-9-15(2)12-26(11-14)21(28)13-32-24(31)16-3-8-19-20(10-16)23(30)27(22(19)29)18-6-4-17(25)5-7-18/h3-8,10,14-15H,9,11-13H2,1-2H3/t14-,15-/m0/s1. The van der Waals surface area contributed by atoms with E-state index in [4.69, 9.17) is 4.74 Å². The van der Waals surface area contributed by atoms with Crippen LogP contribution in [0, 0.1) is 17.7 Å². The van der Waals surface area contributed by atoms with Crippen molar-refractivity contribution < 1.29 is 28.3 Å². The third-order valence-electron chi connectivity index (χ3n) is 5.76. The van der Waals surface area contributed by atoms with Gasteiger partial charge < -0.3 is 9.64 Å². The van der Waals surface area contributed by atoms with Crippen LogP contribution in [0.15, 0.2) is 42.5 Å². The van der Waals surface area contributed by atoms with Gasteiger partial charge in [0.25, 0.3) is 17.7 Å². The van der Waals surface area contributed by atoms with E-state index in [1.54, 1.807) is 4.90 Å². The summed E-state index contributed by atoms with van der Waals surface area (Å²) in [5, 5.41) is 0. The number of amides is 3. The van der Waals surface area contributed by atoms with Gasteiger partial charge in [-0.25, -0.2) is 14.1 Å². The van der Waals surface area contributed by atoms with Crippen LogP contribution in [-0.2, 0) is 9.53 Å². The van der Waals surface area contributed by atoms with Crippen molar-refractivity contribution >= 4 is 29.4 Å². The Morgan fingerprint density at radius 2 is 1.59 bits per heavy atom. The molecule has 2 aromatic carbocycles. The molecule has 0 bridgehead atoms. The van der Waals surface area contributed by atoms with Crippen LogP contribution in [0.2, 0.25) is 0 Å². The molecule has 0 aliphatic carbocycles. The number of fused-ring (bicyclic) bond motifs is 1. The van der Waals surface area contributed by atoms with Crippen LogP contribution in [0.5, 0.6) is 0 Å². The summed E-state index contributed by atoms with van der Waals surface area (Å²) in [6, 6.07) is 9.03. The second-order valence-electron chi connectivity index (χ2n) is 8.50. The Kier molecular flexibility index (Phi) is 5.78. The van der Waals surface area contributed by atoms with Gasteiger partial charge in [-0.2, -0.15) is 0 Å². The molecule has 4 rings (SSSR count). The van der Waals surface area contributed by atoms with Gasteiger partial charge in [-0.1, -0.05) is 13.8 Å². The molecule has 0 spiro atoms. The van der Waals surface area contributed by atoms with Crippen LogP contribution < -0.4 is 4.90 Å². The summed E-state index contributed by atoms with van der Waals surface area (Å²) in [4.78, 5) is 53.0. The van der Waals surface area contributed by atoms with E-state index >= 15 is 0 Å². The lowest BCUT2D eigenvalue weighted by atomic mass is 9.92. The van der Waals surface area contributed by atoms with Gasteiger partial charge in [-0.05, 0) is 60.7 Å². The number of imide groups is 1. The van der Waals surface area contributed by atoms with E-state index in [0.29, 0.717) is 24.9 Å². The number of likely N-dealkylation sites (tertiary alicyclic amines) is 1. The maximum absolute atomic E-state index is 13.2. The van der Waals surface area contributed by atoms with Crippen molar-refractivity contribution in [3.05, 3.63) is 65.0 Å². The van der Waals surface area contributed by atoms with Crippen molar-refractivity contribution in [1.82, 2.24) is 4.90 Å². The van der Waals surface area contributed by atoms with Crippen LogP contribution in [0.1, 0.15) is 51.3 Å². The van der Waals surface area contributed by atoms with E-state index in [0.717, 1.165) is 23.5 Å². The molecule has 8 heteroatoms. The molecule has 166 valence electrons. The minimum atomic E-state index is -0.750. The predicted molar refractivity (Wildman–Crippen MR) is 114 cm³/mol. The maximum atomic E-state index is 13.2. The van der Waals surface area contributed by atoms with E-state index in [1.807, 2.05) is 0 Å². The molecule has 0 unspecified atom stereocenters. The summed E-state index contributed by atoms with van der Waals surface area (Å²) in [7, 11) is 0. The monoisotopic (exact) mass is 438 g/mol. The topological polar surface area (TPSA) is 84.0 Å². The summed E-state index contributed by atoms with van der Waals surface area (Å²) in [6.45, 7) is 5.05. The number of carbonyl (C=O) groups excluding carboxylic acids is 4. The fraction of sp³-hybridized carbons (Fsp3) is 0.333. The molecule has 0 saturated carbocycles. The Morgan fingerprint density at radius 1 is 0.969 bits per heavy atom. The van der Waals surface area contributed by atoms with Crippen molar-refractivity contribution in [3.8, 4) is 0 Å². The average molecular weight is 438 g/mol. The first-order chi connectivity index (χ1) is 15.2. The number of piperidine rings is 1. The fourth-order valence-electron chi connectivity index (χ4n) is 4.36. The molecule has 2 aliphatic rings. The summed E-state index contributed by atoms with van der Waals surface area (Å²) in [5.74, 6) is -1.88. The summed E-state index contributed by atoms with van der Waals surface area (Å²) in [6.07, 6.45) is 1.06. The molecular weight excluding hydrogens is 415 g/mol. The Bertz CT molecular complexity index is 1090. The number of halogens is 1. The van der Waals surface area contributed by atoms with Crippen molar-refractivity contribution in [2.24, 2.45) is 11.8 Å². The van der Waals surface area contributed by atoms with Crippen LogP contribution in [0.4, 0.5) is 10.1 Å². The number of hydrogen-bond acceptors (Lipinski definition) is 5. The Morgan fingerprint density at radius 3 is 2.25 bits per heavy atom. The lowest BCUT2D eigenvalue weighted by Gasteiger charge is -2.34. The summed E-state index contributed by atoms with van der Waals surface area (Å²) in [5.41, 5.74) is 0.498. The highest BCUT2D eigenvalue weighted by atomic mass is 19.1. The number of hydrogen-bond donors (Lipinski definition) is 0. The molecule has 0 N–H and O–H groups in total. The zero-order valence-electron chi connectivity index (χ0n) is 17.8. The average Bonchev–Trinajstić information content (AvgIpc) is 3.01. The van der Waals surface area contributed by atoms with Gasteiger partial charge >= 0.3 is 5.97 Å². The second-order valence-corrected chi connectivity index (χ2v) is 8.50. The van der Waals surface area contributed by atoms with Gasteiger partial charge in [0.2, 0.25) is 0 Å². The third kappa shape index (κ3) is 4.12. The van der Waals surface area contributed by atoms with E-state index < -0.39 is 23.6 Å². The highest BCUT2D eigenvalue weighted by Crippen LogP contribution is 2.29. The quantitative estimate of drug-likeness (QED) is 0.540. The summed E-state index contributed by atoms with van der Waals surface area (Å²) >= 11 is 0. The van der Waals surface area contributed by atoms with Crippen LogP contribution in [0.3, 0.4) is 0 Å². The van der Waals surface area contributed by atoms with Crippen LogP contribution in [-0.4, -0.2) is 48.3 Å². The molecule has 2 heterocycles. The highest BCUT2D eigenvalue weighted by Gasteiger charge is 2.37. The first kappa shape index (κ1) is 21.7. The molecule has 1 fully saturated rings. The third-order valence-corrected chi connectivity index (χ3v) is 5.76. The molecule has 0 radical (unpaired) electrons. The second kappa shape index (κ2) is 8.53. The number of esters is 1. The van der Waals surface area contributed by atoms with Crippen LogP contribution >= 0.6 is 0 Å². The zero-order chi connectivity index (χ0) is 23.0. The smallest absolute Gasteiger partial charge is 0.338 e. The minimum Gasteiger partial charge on any atom is -0.452 e. The van der Waals surface area contributed by atoms with Gasteiger partial charge in [0.1, 0.15) is 5.82 Å². The van der Waals surface area contributed by atoms with E-state index in [2.05, 4.69) is 13.8 Å². The normalized spacial score (nSPS) is 20.3. The Labute approximate surface area is 184 Å². The molecule has 7 nitrogen and oxygen atoms in total. The fourth-order valence-corrected chi connectivity index (χ4v) is 4.36. The highest BCUT2D eigenvalue weighted by molar-refractivity contribution is 6.34. The number of anilines is 1. The van der Waals surface area contributed by atoms with Crippen LogP contribution in [0.25, 0.3) is 0 Å². The van der Waals surface area contributed by atoms with E-state index in [9.17, 15) is 23.6 Å². The SMILES string of the molecule is C[C@H]1C[C@H](C)CN(C(=O)COC(=O)c2ccc3c(c2)C(=O)N(c2ccc(F)cc2)C3=O)C1. The molecule has 2 atom stereocenters. The van der Waals surface area contributed by atoms with Crippen molar-refractivity contribution in [1.29, 1.82) is 0 Å². The lowest BCUT2D eigenvalue weighted by Crippen LogP contribution is -2.44. The molecule has 2 aliphatic heterocycles. The Balaban J connectivity index is 1.45. The van der Waals surface area contributed by atoms with Gasteiger partial charge in [-0.3, -0.25) is 14.4 Å². The molecule has 32 heavy (non-hydrogen) atoms. The number of rotatable bonds is 4. The first-order valence-electron chi connectivity index (χ1n) is 10.5. The van der Waals surface area contributed by atoms with Gasteiger partial charge in [0, 0.05) is 13.1 Å². The minimum absolute atomic E-state index is 0.0544. The van der Waals surface area contributed by atoms with Gasteiger partial charge in [0.05, 0.1) is 22.4 Å². The maximum Gasteiger partial charge on any atom is 0.338 e. The van der Waals surface area contributed by atoms with Gasteiger partial charge in [0.15, 0.2) is 6.61 Å². The predicted octanol–water partition coefficient (Wildman–Crippen LogP) is 3.29. The molecule has 1 saturated heterocycles. The van der Waals surface area contributed by atoms with Gasteiger partial charge in [-0.15, -0.1) is 0 Å². The molecule has 0 aromatic heterocycles. The van der Waals surface area contributed by atoms with Crippen molar-refractivity contribution in [3.63, 3.8) is 0 Å². The molecular formula is C24H23FN2O5. The largest absolute Gasteiger partial charge is 0.452 e. The lowest BCUT2D eigenvalue weighted by molar-refractivity contribution is -0.137. The van der Waals surface area contributed by atoms with E-state index in [1.165, 1.54) is 30.3 Å².